The Balaban J connectivity index is 2.03. The smallest absolute Gasteiger partial charge is 0.187 e. The van der Waals surface area contributed by atoms with Crippen molar-refractivity contribution in [3.05, 3.63) is 70.6 Å². The van der Waals surface area contributed by atoms with Gasteiger partial charge in [-0.1, -0.05) is 50.3 Å². The summed E-state index contributed by atoms with van der Waals surface area (Å²) in [5, 5.41) is 0. The fourth-order valence-electron chi connectivity index (χ4n) is 3.20. The first-order valence-electron chi connectivity index (χ1n) is 8.26. The molecule has 0 bridgehead atoms. The number of hydrogen-bond donors (Lipinski definition) is 0. The van der Waals surface area contributed by atoms with E-state index in [1.54, 1.807) is 6.07 Å². The summed E-state index contributed by atoms with van der Waals surface area (Å²) in [6, 6.07) is 13.1. The minimum atomic E-state index is -3.17. The van der Waals surface area contributed by atoms with Crippen molar-refractivity contribution in [3.63, 3.8) is 0 Å². The van der Waals surface area contributed by atoms with Crippen molar-refractivity contribution in [3.8, 4) is 0 Å². The van der Waals surface area contributed by atoms with Crippen LogP contribution in [0.4, 0.5) is 5.69 Å². The predicted octanol–water partition coefficient (Wildman–Crippen LogP) is 5.25. The summed E-state index contributed by atoms with van der Waals surface area (Å²) < 4.78 is 24.7. The van der Waals surface area contributed by atoms with Crippen LogP contribution in [0.25, 0.3) is 16.5 Å². The second-order valence-electron chi connectivity index (χ2n) is 7.19. The van der Waals surface area contributed by atoms with Gasteiger partial charge in [0.25, 0.3) is 0 Å². The van der Waals surface area contributed by atoms with Gasteiger partial charge in [0.05, 0.1) is 17.2 Å². The van der Waals surface area contributed by atoms with Crippen molar-refractivity contribution in [2.24, 2.45) is 0 Å². The number of hydrogen-bond acceptors (Lipinski definition) is 2. The Hall–Kier alpha value is -2.38. The van der Waals surface area contributed by atoms with Crippen LogP contribution in [-0.4, -0.2) is 14.2 Å². The van der Waals surface area contributed by atoms with Gasteiger partial charge in [-0.2, -0.15) is 0 Å². The van der Waals surface area contributed by atoms with Crippen molar-refractivity contribution in [1.82, 2.24) is 0 Å². The van der Waals surface area contributed by atoms with Crippen molar-refractivity contribution in [2.75, 3.05) is 5.75 Å². The minimum absolute atomic E-state index is 0.143. The molecule has 0 saturated heterocycles. The second-order valence-corrected chi connectivity index (χ2v) is 9.27. The molecule has 0 unspecified atom stereocenters. The fourth-order valence-corrected chi connectivity index (χ4v) is 5.15. The molecule has 2 aromatic carbocycles. The normalized spacial score (nSPS) is 18.2. The molecule has 0 fully saturated rings. The van der Waals surface area contributed by atoms with E-state index in [1.807, 2.05) is 43.3 Å². The summed E-state index contributed by atoms with van der Waals surface area (Å²) in [4.78, 5) is 3.88. The maximum atomic E-state index is 12.3. The minimum Gasteiger partial charge on any atom is -0.238 e. The Morgan fingerprint density at radius 3 is 2.48 bits per heavy atom. The Morgan fingerprint density at radius 1 is 1.16 bits per heavy atom. The lowest BCUT2D eigenvalue weighted by Crippen LogP contribution is -2.30. The number of fused-ring (bicyclic) bond motifs is 1. The van der Waals surface area contributed by atoms with Gasteiger partial charge in [-0.3, -0.25) is 0 Å². The molecular weight excluding hydrogens is 330 g/mol. The van der Waals surface area contributed by atoms with Gasteiger partial charge in [-0.25, -0.2) is 13.3 Å². The van der Waals surface area contributed by atoms with Crippen LogP contribution in [0.5, 0.6) is 0 Å². The van der Waals surface area contributed by atoms with Gasteiger partial charge < -0.3 is 0 Å². The van der Waals surface area contributed by atoms with E-state index >= 15 is 0 Å². The van der Waals surface area contributed by atoms with E-state index in [0.717, 1.165) is 22.3 Å². The summed E-state index contributed by atoms with van der Waals surface area (Å²) >= 11 is 0. The van der Waals surface area contributed by atoms with Gasteiger partial charge in [0.1, 0.15) is 0 Å². The van der Waals surface area contributed by atoms with E-state index in [0.29, 0.717) is 17.0 Å². The molecule has 3 nitrogen and oxygen atoms in total. The lowest BCUT2D eigenvalue weighted by Gasteiger charge is -2.32. The number of allylic oxidation sites excluding steroid dienone is 1. The van der Waals surface area contributed by atoms with Gasteiger partial charge in [-0.15, -0.1) is 0 Å². The average Bonchev–Trinajstić information content (AvgIpc) is 2.59. The van der Waals surface area contributed by atoms with Crippen LogP contribution in [0.3, 0.4) is 0 Å². The van der Waals surface area contributed by atoms with E-state index in [9.17, 15) is 8.42 Å². The Morgan fingerprint density at radius 2 is 1.84 bits per heavy atom. The highest BCUT2D eigenvalue weighted by molar-refractivity contribution is 7.91. The highest BCUT2D eigenvalue weighted by atomic mass is 32.2. The Labute approximate surface area is 149 Å². The van der Waals surface area contributed by atoms with Crippen LogP contribution in [0.15, 0.2) is 47.4 Å². The number of benzene rings is 2. The van der Waals surface area contributed by atoms with Crippen LogP contribution in [0.2, 0.25) is 0 Å². The molecule has 0 aromatic heterocycles. The molecule has 1 aliphatic heterocycles. The van der Waals surface area contributed by atoms with Crippen LogP contribution < -0.4 is 0 Å². The maximum Gasteiger partial charge on any atom is 0.187 e. The van der Waals surface area contributed by atoms with Gasteiger partial charge in [-0.05, 0) is 53.2 Å². The number of nitrogens with zero attached hydrogens (tertiary/aromatic N) is 1. The predicted molar refractivity (Wildman–Crippen MR) is 102 cm³/mol. The SMILES string of the molecule is [C-]#[N+]c1ccc(C(C)=Cc2ccc3c(c2)C(C)(C)CCS3(=O)=O)cc1. The van der Waals surface area contributed by atoms with Gasteiger partial charge in [0.15, 0.2) is 15.5 Å². The van der Waals surface area contributed by atoms with E-state index in [2.05, 4.69) is 24.8 Å². The Kier molecular flexibility index (Phi) is 4.30. The first-order valence-corrected chi connectivity index (χ1v) is 9.92. The summed E-state index contributed by atoms with van der Waals surface area (Å²) in [6.07, 6.45) is 2.71. The monoisotopic (exact) mass is 351 g/mol. The first-order chi connectivity index (χ1) is 11.7. The summed E-state index contributed by atoms with van der Waals surface area (Å²) in [7, 11) is -3.17. The van der Waals surface area contributed by atoms with Crippen molar-refractivity contribution < 1.29 is 8.42 Å². The highest BCUT2D eigenvalue weighted by Gasteiger charge is 2.35. The molecule has 1 heterocycles. The number of rotatable bonds is 2. The number of sulfone groups is 1. The topological polar surface area (TPSA) is 38.5 Å². The van der Waals surface area contributed by atoms with Crippen molar-refractivity contribution >= 4 is 27.2 Å². The highest BCUT2D eigenvalue weighted by Crippen LogP contribution is 2.39. The molecule has 4 heteroatoms. The fraction of sp³-hybridized carbons (Fsp3) is 0.286. The quantitative estimate of drug-likeness (QED) is 0.547. The van der Waals surface area contributed by atoms with Crippen LogP contribution in [0, 0.1) is 6.57 Å². The largest absolute Gasteiger partial charge is 0.238 e. The molecule has 128 valence electrons. The van der Waals surface area contributed by atoms with E-state index in [1.165, 1.54) is 0 Å². The third kappa shape index (κ3) is 3.38. The van der Waals surface area contributed by atoms with Gasteiger partial charge in [0.2, 0.25) is 0 Å². The Bertz CT molecular complexity index is 991. The van der Waals surface area contributed by atoms with Crippen molar-refractivity contribution in [1.29, 1.82) is 0 Å². The molecule has 25 heavy (non-hydrogen) atoms. The van der Waals surface area contributed by atoms with Crippen LogP contribution in [0.1, 0.15) is 43.9 Å². The third-order valence-corrected chi connectivity index (χ3v) is 6.67. The maximum absolute atomic E-state index is 12.3. The van der Waals surface area contributed by atoms with Crippen molar-refractivity contribution in [2.45, 2.75) is 37.5 Å². The second kappa shape index (κ2) is 6.16. The lowest BCUT2D eigenvalue weighted by atomic mass is 9.81. The molecule has 0 radical (unpaired) electrons. The summed E-state index contributed by atoms with van der Waals surface area (Å²) in [5.41, 5.74) is 4.51. The standard InChI is InChI=1S/C21H21NO2S/c1-15(17-6-8-18(22-4)9-7-17)13-16-5-10-20-19(14-16)21(2,3)11-12-25(20,23)24/h5-10,13-14H,11-12H2,1-3H3. The molecule has 0 amide bonds. The molecule has 3 rings (SSSR count). The molecule has 0 spiro atoms. The molecular formula is C21H21NO2S. The molecule has 0 atom stereocenters. The molecule has 0 N–H and O–H groups in total. The van der Waals surface area contributed by atoms with Crippen LogP contribution in [-0.2, 0) is 15.3 Å². The molecule has 2 aromatic rings. The summed E-state index contributed by atoms with van der Waals surface area (Å²) in [6.45, 7) is 13.2. The van der Waals surface area contributed by atoms with Gasteiger partial charge in [0, 0.05) is 0 Å². The van der Waals surface area contributed by atoms with E-state index in [-0.39, 0.29) is 11.2 Å². The molecule has 0 aliphatic carbocycles. The van der Waals surface area contributed by atoms with Crippen LogP contribution >= 0.6 is 0 Å². The first kappa shape index (κ1) is 17.4. The zero-order valence-electron chi connectivity index (χ0n) is 14.7. The molecule has 1 aliphatic rings. The average molecular weight is 351 g/mol. The zero-order chi connectivity index (χ0) is 18.2. The summed E-state index contributed by atoms with van der Waals surface area (Å²) in [5.74, 6) is 0.217. The molecule has 0 saturated carbocycles. The third-order valence-electron chi connectivity index (χ3n) is 4.90. The van der Waals surface area contributed by atoms with Gasteiger partial charge >= 0.3 is 0 Å². The zero-order valence-corrected chi connectivity index (χ0v) is 15.5. The van der Waals surface area contributed by atoms with E-state index < -0.39 is 9.84 Å². The lowest BCUT2D eigenvalue weighted by molar-refractivity contribution is 0.473. The van der Waals surface area contributed by atoms with E-state index in [4.69, 9.17) is 6.57 Å².